The van der Waals surface area contributed by atoms with E-state index < -0.39 is 5.54 Å². The molecule has 0 saturated carbocycles. The van der Waals surface area contributed by atoms with E-state index in [0.29, 0.717) is 6.54 Å². The van der Waals surface area contributed by atoms with Gasteiger partial charge in [-0.2, -0.15) is 0 Å². The van der Waals surface area contributed by atoms with Crippen LogP contribution in [0.2, 0.25) is 0 Å². The first-order valence-corrected chi connectivity index (χ1v) is 7.37. The van der Waals surface area contributed by atoms with Crippen molar-refractivity contribution in [3.05, 3.63) is 35.3 Å². The Hall–Kier alpha value is -1.89. The largest absolute Gasteiger partial charge is 0.338 e. The molecule has 2 aromatic rings. The highest BCUT2D eigenvalue weighted by Gasteiger charge is 2.25. The summed E-state index contributed by atoms with van der Waals surface area (Å²) in [5.41, 5.74) is -0.456. The van der Waals surface area contributed by atoms with Gasteiger partial charge in [0, 0.05) is 37.1 Å². The summed E-state index contributed by atoms with van der Waals surface area (Å²) in [6, 6.07) is -0.171. The van der Waals surface area contributed by atoms with Crippen molar-refractivity contribution in [2.45, 2.75) is 32.4 Å². The van der Waals surface area contributed by atoms with Gasteiger partial charge in [-0.25, -0.2) is 14.8 Å². The Bertz CT molecular complexity index is 521. The van der Waals surface area contributed by atoms with Crippen LogP contribution in [0, 0.1) is 0 Å². The molecule has 0 spiro atoms. The zero-order valence-corrected chi connectivity index (χ0v) is 12.5. The minimum absolute atomic E-state index is 0.171. The molecule has 0 unspecified atom stereocenters. The Balaban J connectivity index is 1.70. The smallest absolute Gasteiger partial charge is 0.315 e. The molecule has 0 aliphatic rings. The SMILES string of the molecule is CC(C)(NC(=O)NCCCn1ccnc1)c1nccs1. The summed E-state index contributed by atoms with van der Waals surface area (Å²) in [5, 5.41) is 8.59. The molecule has 0 radical (unpaired) electrons. The summed E-state index contributed by atoms with van der Waals surface area (Å²) in [4.78, 5) is 20.1. The first kappa shape index (κ1) is 14.5. The molecular weight excluding hydrogens is 274 g/mol. The summed E-state index contributed by atoms with van der Waals surface area (Å²) >= 11 is 1.53. The third-order valence-electron chi connectivity index (χ3n) is 2.83. The third-order valence-corrected chi connectivity index (χ3v) is 3.93. The molecule has 2 aromatic heterocycles. The monoisotopic (exact) mass is 293 g/mol. The number of carbonyl (C=O) groups is 1. The number of aromatic nitrogens is 3. The van der Waals surface area contributed by atoms with Gasteiger partial charge >= 0.3 is 6.03 Å². The van der Waals surface area contributed by atoms with Crippen molar-refractivity contribution in [1.29, 1.82) is 0 Å². The number of thiazole rings is 1. The summed E-state index contributed by atoms with van der Waals surface area (Å²) in [6.45, 7) is 5.35. The number of aryl methyl sites for hydroxylation is 1. The maximum atomic E-state index is 11.9. The molecule has 0 aliphatic heterocycles. The van der Waals surface area contributed by atoms with Crippen molar-refractivity contribution in [1.82, 2.24) is 25.2 Å². The van der Waals surface area contributed by atoms with E-state index in [9.17, 15) is 4.79 Å². The predicted octanol–water partition coefficient (Wildman–Crippen LogP) is 1.96. The average Bonchev–Trinajstić information content (AvgIpc) is 3.07. The lowest BCUT2D eigenvalue weighted by atomic mass is 10.1. The minimum atomic E-state index is -0.456. The lowest BCUT2D eigenvalue weighted by molar-refractivity contribution is 0.229. The number of hydrogen-bond acceptors (Lipinski definition) is 4. The second-order valence-corrected chi connectivity index (χ2v) is 5.89. The molecule has 2 heterocycles. The normalized spacial score (nSPS) is 11.3. The molecule has 0 aliphatic carbocycles. The van der Waals surface area contributed by atoms with Crippen LogP contribution in [0.25, 0.3) is 0 Å². The fraction of sp³-hybridized carbons (Fsp3) is 0.462. The van der Waals surface area contributed by atoms with E-state index in [1.54, 1.807) is 18.7 Å². The number of carbonyl (C=O) groups excluding carboxylic acids is 1. The van der Waals surface area contributed by atoms with E-state index in [2.05, 4.69) is 20.6 Å². The van der Waals surface area contributed by atoms with E-state index >= 15 is 0 Å². The number of imidazole rings is 1. The van der Waals surface area contributed by atoms with Gasteiger partial charge in [-0.05, 0) is 20.3 Å². The van der Waals surface area contributed by atoms with Gasteiger partial charge in [0.1, 0.15) is 5.01 Å². The molecule has 20 heavy (non-hydrogen) atoms. The molecule has 2 N–H and O–H groups in total. The standard InChI is InChI=1S/C13H19N5OS/c1-13(2,11-15-6-9-20-11)17-12(19)16-4-3-7-18-8-5-14-10-18/h5-6,8-10H,3-4,7H2,1-2H3,(H2,16,17,19). The first-order chi connectivity index (χ1) is 9.58. The van der Waals surface area contributed by atoms with E-state index in [-0.39, 0.29) is 6.03 Å². The topological polar surface area (TPSA) is 71.8 Å². The van der Waals surface area contributed by atoms with Crippen LogP contribution in [0.1, 0.15) is 25.3 Å². The van der Waals surface area contributed by atoms with Crippen LogP contribution in [0.3, 0.4) is 0 Å². The van der Waals surface area contributed by atoms with Crippen LogP contribution in [0.4, 0.5) is 4.79 Å². The first-order valence-electron chi connectivity index (χ1n) is 6.49. The number of nitrogens with one attached hydrogen (secondary N) is 2. The van der Waals surface area contributed by atoms with E-state index in [1.165, 1.54) is 11.3 Å². The van der Waals surface area contributed by atoms with E-state index in [1.807, 2.05) is 30.0 Å². The number of hydrogen-bond donors (Lipinski definition) is 2. The summed E-state index contributed by atoms with van der Waals surface area (Å²) in [6.07, 6.45) is 8.03. The van der Waals surface area contributed by atoms with Crippen molar-refractivity contribution < 1.29 is 4.79 Å². The zero-order chi connectivity index (χ0) is 14.4. The van der Waals surface area contributed by atoms with Crippen LogP contribution < -0.4 is 10.6 Å². The van der Waals surface area contributed by atoms with Crippen molar-refractivity contribution >= 4 is 17.4 Å². The van der Waals surface area contributed by atoms with Gasteiger partial charge in [0.05, 0.1) is 11.9 Å². The van der Waals surface area contributed by atoms with Crippen molar-refractivity contribution in [2.24, 2.45) is 0 Å². The second-order valence-electron chi connectivity index (χ2n) is 5.00. The molecule has 0 bridgehead atoms. The highest BCUT2D eigenvalue weighted by Crippen LogP contribution is 2.21. The predicted molar refractivity (Wildman–Crippen MR) is 78.5 cm³/mol. The number of rotatable bonds is 6. The highest BCUT2D eigenvalue weighted by molar-refractivity contribution is 7.09. The summed E-state index contributed by atoms with van der Waals surface area (Å²) in [7, 11) is 0. The molecule has 0 saturated heterocycles. The van der Waals surface area contributed by atoms with Crippen LogP contribution >= 0.6 is 11.3 Å². The van der Waals surface area contributed by atoms with Gasteiger partial charge in [0.15, 0.2) is 0 Å². The maximum absolute atomic E-state index is 11.9. The molecule has 0 aromatic carbocycles. The van der Waals surface area contributed by atoms with Crippen LogP contribution in [-0.4, -0.2) is 27.1 Å². The van der Waals surface area contributed by atoms with E-state index in [4.69, 9.17) is 0 Å². The number of nitrogens with zero attached hydrogens (tertiary/aromatic N) is 3. The van der Waals surface area contributed by atoms with Gasteiger partial charge < -0.3 is 15.2 Å². The maximum Gasteiger partial charge on any atom is 0.315 e. The molecule has 0 atom stereocenters. The number of urea groups is 1. The number of amides is 2. The second kappa shape index (κ2) is 6.51. The quantitative estimate of drug-likeness (QED) is 0.800. The molecule has 0 fully saturated rings. The fourth-order valence-corrected chi connectivity index (χ4v) is 2.51. The molecular formula is C13H19N5OS. The van der Waals surface area contributed by atoms with Crippen molar-refractivity contribution in [3.8, 4) is 0 Å². The summed E-state index contributed by atoms with van der Waals surface area (Å²) in [5.74, 6) is 0. The molecule has 108 valence electrons. The van der Waals surface area contributed by atoms with Gasteiger partial charge in [-0.1, -0.05) is 0 Å². The zero-order valence-electron chi connectivity index (χ0n) is 11.7. The fourth-order valence-electron chi connectivity index (χ4n) is 1.80. The van der Waals surface area contributed by atoms with Crippen molar-refractivity contribution in [2.75, 3.05) is 6.54 Å². The minimum Gasteiger partial charge on any atom is -0.338 e. The third kappa shape index (κ3) is 4.06. The lowest BCUT2D eigenvalue weighted by Gasteiger charge is -2.23. The molecule has 6 nitrogen and oxygen atoms in total. The Morgan fingerprint density at radius 2 is 2.30 bits per heavy atom. The molecule has 7 heteroatoms. The van der Waals surface area contributed by atoms with Gasteiger partial charge in [-0.3, -0.25) is 0 Å². The Morgan fingerprint density at radius 1 is 1.45 bits per heavy atom. The van der Waals surface area contributed by atoms with Crippen LogP contribution in [-0.2, 0) is 12.1 Å². The van der Waals surface area contributed by atoms with Crippen molar-refractivity contribution in [3.63, 3.8) is 0 Å². The molecule has 2 rings (SSSR count). The van der Waals surface area contributed by atoms with Crippen LogP contribution in [0.15, 0.2) is 30.3 Å². The van der Waals surface area contributed by atoms with Gasteiger partial charge in [-0.15, -0.1) is 11.3 Å². The van der Waals surface area contributed by atoms with Gasteiger partial charge in [0.2, 0.25) is 0 Å². The lowest BCUT2D eigenvalue weighted by Crippen LogP contribution is -2.46. The molecule has 2 amide bonds. The van der Waals surface area contributed by atoms with Gasteiger partial charge in [0.25, 0.3) is 0 Å². The average molecular weight is 293 g/mol. The summed E-state index contributed by atoms with van der Waals surface area (Å²) < 4.78 is 1.99. The highest BCUT2D eigenvalue weighted by atomic mass is 32.1. The Morgan fingerprint density at radius 3 is 2.95 bits per heavy atom. The van der Waals surface area contributed by atoms with E-state index in [0.717, 1.165) is 18.0 Å². The Kier molecular flexibility index (Phi) is 4.73. The Labute approximate surface area is 122 Å². The van der Waals surface area contributed by atoms with Crippen LogP contribution in [0.5, 0.6) is 0 Å².